The van der Waals surface area contributed by atoms with Gasteiger partial charge in [0.15, 0.2) is 0 Å². The number of ether oxygens (including phenoxy) is 1. The van der Waals surface area contributed by atoms with Crippen LogP contribution in [0.2, 0.25) is 0 Å². The van der Waals surface area contributed by atoms with E-state index in [2.05, 4.69) is 46.5 Å². The molecule has 0 radical (unpaired) electrons. The first-order chi connectivity index (χ1) is 15.4. The number of amides is 1. The number of aromatic nitrogens is 2. The van der Waals surface area contributed by atoms with Gasteiger partial charge in [0.05, 0.1) is 31.0 Å². The minimum atomic E-state index is -0.381. The van der Waals surface area contributed by atoms with Crippen molar-refractivity contribution in [2.75, 3.05) is 18.6 Å². The lowest BCUT2D eigenvalue weighted by Gasteiger charge is -2.20. The van der Waals surface area contributed by atoms with Crippen molar-refractivity contribution in [3.8, 4) is 0 Å². The second-order valence-corrected chi connectivity index (χ2v) is 8.23. The van der Waals surface area contributed by atoms with E-state index in [1.807, 2.05) is 30.7 Å². The molecule has 1 N–H and O–H groups in total. The topological polar surface area (TPSA) is 76.5 Å². The van der Waals surface area contributed by atoms with Gasteiger partial charge in [0.1, 0.15) is 11.4 Å². The average Bonchev–Trinajstić information content (AvgIpc) is 3.31. The average molecular weight is 433 g/mol. The summed E-state index contributed by atoms with van der Waals surface area (Å²) < 4.78 is 6.67. The van der Waals surface area contributed by atoms with Crippen LogP contribution in [0.5, 0.6) is 0 Å². The molecule has 0 saturated heterocycles. The molecule has 1 aliphatic rings. The summed E-state index contributed by atoms with van der Waals surface area (Å²) in [7, 11) is 1.36. The van der Waals surface area contributed by atoms with Gasteiger partial charge >= 0.3 is 5.97 Å². The first-order valence-corrected chi connectivity index (χ1v) is 10.7. The zero-order valence-electron chi connectivity index (χ0n) is 18.9. The van der Waals surface area contributed by atoms with Crippen molar-refractivity contribution >= 4 is 17.7 Å². The smallest absolute Gasteiger partial charge is 0.337 e. The van der Waals surface area contributed by atoms with Gasteiger partial charge in [-0.25, -0.2) is 9.48 Å². The Labute approximate surface area is 188 Å². The molecular formula is C25H28N4O3. The van der Waals surface area contributed by atoms with E-state index in [1.165, 1.54) is 18.2 Å². The van der Waals surface area contributed by atoms with Crippen molar-refractivity contribution in [2.45, 2.75) is 39.9 Å². The number of fused-ring (bicyclic) bond motifs is 1. The molecule has 3 aromatic rings. The largest absolute Gasteiger partial charge is 0.465 e. The van der Waals surface area contributed by atoms with Gasteiger partial charge in [0.25, 0.3) is 5.91 Å². The van der Waals surface area contributed by atoms with Crippen LogP contribution in [-0.4, -0.2) is 35.3 Å². The molecule has 4 rings (SSSR count). The lowest BCUT2D eigenvalue weighted by Crippen LogP contribution is -2.29. The molecule has 1 atom stereocenters. The summed E-state index contributed by atoms with van der Waals surface area (Å²) in [6.07, 6.45) is 0. The highest BCUT2D eigenvalue weighted by Crippen LogP contribution is 2.30. The number of nitrogens with zero attached hydrogens (tertiary/aromatic N) is 3. The van der Waals surface area contributed by atoms with Crippen LogP contribution < -0.4 is 10.2 Å². The van der Waals surface area contributed by atoms with Crippen LogP contribution >= 0.6 is 0 Å². The van der Waals surface area contributed by atoms with Gasteiger partial charge in [0, 0.05) is 13.1 Å². The highest BCUT2D eigenvalue weighted by atomic mass is 16.5. The highest BCUT2D eigenvalue weighted by Gasteiger charge is 2.30. The number of nitrogens with one attached hydrogen (secondary N) is 1. The number of hydrogen-bond donors (Lipinski definition) is 1. The molecular weight excluding hydrogens is 404 g/mol. The summed E-state index contributed by atoms with van der Waals surface area (Å²) in [5.41, 5.74) is 5.16. The Kier molecular flexibility index (Phi) is 5.99. The fourth-order valence-electron chi connectivity index (χ4n) is 4.20. The van der Waals surface area contributed by atoms with Crippen LogP contribution in [0.1, 0.15) is 56.1 Å². The van der Waals surface area contributed by atoms with Crippen molar-refractivity contribution in [3.63, 3.8) is 0 Å². The van der Waals surface area contributed by atoms with E-state index in [4.69, 9.17) is 4.74 Å². The normalized spacial score (nSPS) is 13.6. The molecule has 1 amide bonds. The van der Waals surface area contributed by atoms with Crippen LogP contribution in [0, 0.1) is 13.8 Å². The fraction of sp³-hybridized carbons (Fsp3) is 0.320. The maximum Gasteiger partial charge on any atom is 0.337 e. The Hall–Kier alpha value is -3.61. The van der Waals surface area contributed by atoms with Crippen molar-refractivity contribution in [1.82, 2.24) is 15.1 Å². The van der Waals surface area contributed by atoms with E-state index in [0.29, 0.717) is 11.1 Å². The summed E-state index contributed by atoms with van der Waals surface area (Å²) in [6, 6.07) is 15.3. The predicted octanol–water partition coefficient (Wildman–Crippen LogP) is 3.80. The minimum absolute atomic E-state index is 0.149. The molecule has 32 heavy (non-hydrogen) atoms. The maximum atomic E-state index is 13.3. The molecule has 1 aromatic heterocycles. The zero-order chi connectivity index (χ0) is 22.8. The molecule has 0 fully saturated rings. The molecule has 166 valence electrons. The first-order valence-electron chi connectivity index (χ1n) is 10.7. The number of rotatable bonds is 6. The second-order valence-electron chi connectivity index (χ2n) is 8.23. The molecule has 0 unspecified atom stereocenters. The number of anilines is 1. The number of aryl methyl sites for hydroxylation is 2. The third kappa shape index (κ3) is 4.23. The number of carbonyl (C=O) groups excluding carboxylic acids is 2. The van der Waals surface area contributed by atoms with Crippen LogP contribution in [0.3, 0.4) is 0 Å². The van der Waals surface area contributed by atoms with Gasteiger partial charge in [-0.1, -0.05) is 42.0 Å². The third-order valence-electron chi connectivity index (χ3n) is 5.84. The Morgan fingerprint density at radius 1 is 1.12 bits per heavy atom. The van der Waals surface area contributed by atoms with Gasteiger partial charge < -0.3 is 15.0 Å². The molecule has 2 heterocycles. The minimum Gasteiger partial charge on any atom is -0.465 e. The van der Waals surface area contributed by atoms with Gasteiger partial charge in [-0.15, -0.1) is 0 Å². The molecule has 7 nitrogen and oxygen atoms in total. The van der Waals surface area contributed by atoms with Crippen LogP contribution in [0.4, 0.5) is 5.82 Å². The lowest BCUT2D eigenvalue weighted by atomic mass is 10.1. The molecule has 1 aliphatic heterocycles. The maximum absolute atomic E-state index is 13.3. The van der Waals surface area contributed by atoms with E-state index < -0.39 is 0 Å². The van der Waals surface area contributed by atoms with Crippen molar-refractivity contribution in [1.29, 1.82) is 0 Å². The Bertz CT molecular complexity index is 1150. The molecule has 0 aliphatic carbocycles. The molecule has 0 bridgehead atoms. The molecule has 0 saturated carbocycles. The molecule has 0 spiro atoms. The quantitative estimate of drug-likeness (QED) is 0.600. The standard InChI is InChI=1S/C25H28N4O3/c1-16-6-5-7-19(14-16)15-28-12-13-29-24(28)22(18(3)27-29)23(30)26-17(2)20-8-10-21(11-9-20)25(31)32-4/h5-11,14,17H,12-13,15H2,1-4H3,(H,26,30)/t17-/m0/s1. The van der Waals surface area contributed by atoms with Gasteiger partial charge in [0.2, 0.25) is 0 Å². The SMILES string of the molecule is COC(=O)c1ccc([C@H](C)NC(=O)c2c(C)nn3c2N(Cc2cccc(C)c2)CC3)cc1. The summed E-state index contributed by atoms with van der Waals surface area (Å²) in [4.78, 5) is 27.1. The summed E-state index contributed by atoms with van der Waals surface area (Å²) >= 11 is 0. The summed E-state index contributed by atoms with van der Waals surface area (Å²) in [5, 5.41) is 7.70. The van der Waals surface area contributed by atoms with Gasteiger partial charge in [-0.3, -0.25) is 4.79 Å². The summed E-state index contributed by atoms with van der Waals surface area (Å²) in [6.45, 7) is 8.20. The highest BCUT2D eigenvalue weighted by molar-refractivity contribution is 6.00. The van der Waals surface area contributed by atoms with Gasteiger partial charge in [-0.2, -0.15) is 5.10 Å². The van der Waals surface area contributed by atoms with Crippen LogP contribution in [-0.2, 0) is 17.8 Å². The van der Waals surface area contributed by atoms with Crippen molar-refractivity contribution in [2.24, 2.45) is 0 Å². The fourth-order valence-corrected chi connectivity index (χ4v) is 4.20. The third-order valence-corrected chi connectivity index (χ3v) is 5.84. The Balaban J connectivity index is 1.53. The number of esters is 1. The molecule has 7 heteroatoms. The number of carbonyl (C=O) groups is 2. The van der Waals surface area contributed by atoms with E-state index in [1.54, 1.807) is 12.1 Å². The van der Waals surface area contributed by atoms with Crippen molar-refractivity contribution < 1.29 is 14.3 Å². The van der Waals surface area contributed by atoms with Gasteiger partial charge in [-0.05, 0) is 44.0 Å². The first kappa shape index (κ1) is 21.6. The molecule has 2 aromatic carbocycles. The Morgan fingerprint density at radius 3 is 2.56 bits per heavy atom. The van der Waals surface area contributed by atoms with Crippen LogP contribution in [0.15, 0.2) is 48.5 Å². The van der Waals surface area contributed by atoms with E-state index in [9.17, 15) is 9.59 Å². The lowest BCUT2D eigenvalue weighted by molar-refractivity contribution is 0.0600. The second kappa shape index (κ2) is 8.86. The van der Waals surface area contributed by atoms with E-state index >= 15 is 0 Å². The monoisotopic (exact) mass is 432 g/mol. The van der Waals surface area contributed by atoms with E-state index in [0.717, 1.165) is 36.7 Å². The Morgan fingerprint density at radius 2 is 1.88 bits per heavy atom. The van der Waals surface area contributed by atoms with Crippen molar-refractivity contribution in [3.05, 3.63) is 82.0 Å². The summed E-state index contributed by atoms with van der Waals surface area (Å²) in [5.74, 6) is 0.340. The number of methoxy groups -OCH3 is 1. The van der Waals surface area contributed by atoms with E-state index in [-0.39, 0.29) is 17.9 Å². The zero-order valence-corrected chi connectivity index (χ0v) is 18.9. The predicted molar refractivity (Wildman–Crippen MR) is 123 cm³/mol. The number of benzene rings is 2. The number of hydrogen-bond acceptors (Lipinski definition) is 5. The van der Waals surface area contributed by atoms with Crippen LogP contribution in [0.25, 0.3) is 0 Å².